The summed E-state index contributed by atoms with van der Waals surface area (Å²) < 4.78 is 10.9. The van der Waals surface area contributed by atoms with Crippen molar-refractivity contribution in [2.45, 2.75) is 32.2 Å². The Bertz CT molecular complexity index is 878. The van der Waals surface area contributed by atoms with Gasteiger partial charge in [-0.2, -0.15) is 0 Å². The van der Waals surface area contributed by atoms with Crippen LogP contribution >= 0.6 is 0 Å². The Morgan fingerprint density at radius 3 is 2.63 bits per heavy atom. The molecule has 0 saturated heterocycles. The van der Waals surface area contributed by atoms with E-state index in [1.54, 1.807) is 14.2 Å². The predicted octanol–water partition coefficient (Wildman–Crippen LogP) is 3.82. The van der Waals surface area contributed by atoms with Crippen LogP contribution in [0.3, 0.4) is 0 Å². The Morgan fingerprint density at radius 2 is 1.85 bits per heavy atom. The number of hydrogen-bond acceptors (Lipinski definition) is 4. The van der Waals surface area contributed by atoms with Crippen molar-refractivity contribution in [2.75, 3.05) is 32.6 Å². The number of carbonyl (C=O) groups excluding carboxylic acids is 1. The molecule has 0 spiro atoms. The van der Waals surface area contributed by atoms with Gasteiger partial charge in [0.1, 0.15) is 0 Å². The van der Waals surface area contributed by atoms with Gasteiger partial charge in [0.15, 0.2) is 11.5 Å². The molecule has 2 aromatic carbocycles. The standard InChI is InChI=1S/C22H26N2O3/c1-14-18-13-21(27-3)20(26-2)12-15(18)8-10-24(14)22(25)17-6-7-19-16(11-17)5-4-9-23-19/h6-7,11-14,23H,4-5,8-10H2,1-3H3. The van der Waals surface area contributed by atoms with Crippen LogP contribution in [0, 0.1) is 0 Å². The molecule has 4 rings (SSSR count). The van der Waals surface area contributed by atoms with Crippen molar-refractivity contribution >= 4 is 11.6 Å². The minimum atomic E-state index is -0.00443. The molecule has 5 heteroatoms. The van der Waals surface area contributed by atoms with Crippen molar-refractivity contribution in [3.63, 3.8) is 0 Å². The number of nitrogens with zero attached hydrogens (tertiary/aromatic N) is 1. The summed E-state index contributed by atoms with van der Waals surface area (Å²) >= 11 is 0. The monoisotopic (exact) mass is 366 g/mol. The third kappa shape index (κ3) is 3.11. The van der Waals surface area contributed by atoms with E-state index in [4.69, 9.17) is 9.47 Å². The fourth-order valence-corrected chi connectivity index (χ4v) is 4.20. The second kappa shape index (κ2) is 7.14. The number of carbonyl (C=O) groups is 1. The number of nitrogens with one attached hydrogen (secondary N) is 1. The van der Waals surface area contributed by atoms with Gasteiger partial charge in [0.2, 0.25) is 0 Å². The summed E-state index contributed by atoms with van der Waals surface area (Å²) in [6.45, 7) is 3.80. The van der Waals surface area contributed by atoms with E-state index < -0.39 is 0 Å². The number of anilines is 1. The van der Waals surface area contributed by atoms with E-state index in [0.717, 1.165) is 48.4 Å². The van der Waals surface area contributed by atoms with Crippen molar-refractivity contribution < 1.29 is 14.3 Å². The minimum absolute atomic E-state index is 0.00443. The molecule has 5 nitrogen and oxygen atoms in total. The molecule has 0 saturated carbocycles. The molecule has 27 heavy (non-hydrogen) atoms. The fraction of sp³-hybridized carbons (Fsp3) is 0.409. The van der Waals surface area contributed by atoms with Gasteiger partial charge in [-0.3, -0.25) is 4.79 Å². The number of rotatable bonds is 3. The highest BCUT2D eigenvalue weighted by Crippen LogP contribution is 2.38. The van der Waals surface area contributed by atoms with E-state index in [1.165, 1.54) is 11.1 Å². The largest absolute Gasteiger partial charge is 0.493 e. The van der Waals surface area contributed by atoms with Crippen molar-refractivity contribution in [3.05, 3.63) is 52.6 Å². The molecule has 1 N–H and O–H groups in total. The molecular weight excluding hydrogens is 340 g/mol. The van der Waals surface area contributed by atoms with Gasteiger partial charge in [0, 0.05) is 24.3 Å². The van der Waals surface area contributed by atoms with Crippen LogP contribution in [0.2, 0.25) is 0 Å². The van der Waals surface area contributed by atoms with Gasteiger partial charge in [-0.1, -0.05) is 0 Å². The molecule has 0 bridgehead atoms. The quantitative estimate of drug-likeness (QED) is 0.897. The van der Waals surface area contributed by atoms with Crippen LogP contribution in [0.25, 0.3) is 0 Å². The molecule has 2 heterocycles. The van der Waals surface area contributed by atoms with Gasteiger partial charge in [0.25, 0.3) is 5.91 Å². The van der Waals surface area contributed by atoms with Gasteiger partial charge in [-0.25, -0.2) is 0 Å². The third-order valence-corrected chi connectivity index (χ3v) is 5.74. The van der Waals surface area contributed by atoms with Crippen LogP contribution in [-0.2, 0) is 12.8 Å². The maximum absolute atomic E-state index is 13.2. The van der Waals surface area contributed by atoms with Gasteiger partial charge >= 0.3 is 0 Å². The van der Waals surface area contributed by atoms with E-state index in [9.17, 15) is 4.79 Å². The normalized spacial score (nSPS) is 18.2. The molecule has 2 aliphatic heterocycles. The summed E-state index contributed by atoms with van der Waals surface area (Å²) in [4.78, 5) is 15.2. The zero-order valence-corrected chi connectivity index (χ0v) is 16.2. The van der Waals surface area contributed by atoms with E-state index in [0.29, 0.717) is 12.3 Å². The molecule has 0 radical (unpaired) electrons. The second-order valence-corrected chi connectivity index (χ2v) is 7.23. The summed E-state index contributed by atoms with van der Waals surface area (Å²) in [5, 5.41) is 3.40. The summed E-state index contributed by atoms with van der Waals surface area (Å²) in [6.07, 6.45) is 2.96. The summed E-state index contributed by atoms with van der Waals surface area (Å²) in [5.74, 6) is 1.54. The lowest BCUT2D eigenvalue weighted by Crippen LogP contribution is -2.39. The summed E-state index contributed by atoms with van der Waals surface area (Å²) in [6, 6.07) is 10.1. The third-order valence-electron chi connectivity index (χ3n) is 5.74. The van der Waals surface area contributed by atoms with Gasteiger partial charge in [0.05, 0.1) is 20.3 Å². The Morgan fingerprint density at radius 1 is 1.07 bits per heavy atom. The van der Waals surface area contributed by atoms with Gasteiger partial charge < -0.3 is 19.7 Å². The molecule has 2 aliphatic rings. The fourth-order valence-electron chi connectivity index (χ4n) is 4.20. The van der Waals surface area contributed by atoms with Crippen LogP contribution < -0.4 is 14.8 Å². The molecule has 0 fully saturated rings. The van der Waals surface area contributed by atoms with Crippen LogP contribution in [0.15, 0.2) is 30.3 Å². The van der Waals surface area contributed by atoms with Crippen LogP contribution in [0.1, 0.15) is 46.4 Å². The maximum atomic E-state index is 13.2. The molecular formula is C22H26N2O3. The summed E-state index contributed by atoms with van der Waals surface area (Å²) in [7, 11) is 3.29. The molecule has 1 atom stereocenters. The number of ether oxygens (including phenoxy) is 2. The van der Waals surface area contributed by atoms with E-state index in [2.05, 4.69) is 18.3 Å². The average molecular weight is 366 g/mol. The number of fused-ring (bicyclic) bond motifs is 2. The zero-order valence-electron chi connectivity index (χ0n) is 16.2. The van der Waals surface area contributed by atoms with Gasteiger partial charge in [-0.15, -0.1) is 0 Å². The average Bonchev–Trinajstić information content (AvgIpc) is 2.72. The van der Waals surface area contributed by atoms with Crippen LogP contribution in [-0.4, -0.2) is 38.1 Å². The first kappa shape index (κ1) is 17.7. The number of amides is 1. The van der Waals surface area contributed by atoms with Crippen molar-refractivity contribution in [1.82, 2.24) is 4.90 Å². The van der Waals surface area contributed by atoms with Crippen molar-refractivity contribution in [3.8, 4) is 11.5 Å². The Kier molecular flexibility index (Phi) is 4.68. The Hall–Kier alpha value is -2.69. The highest BCUT2D eigenvalue weighted by atomic mass is 16.5. The van der Waals surface area contributed by atoms with Crippen LogP contribution in [0.4, 0.5) is 5.69 Å². The summed E-state index contributed by atoms with van der Waals surface area (Å²) in [5.41, 5.74) is 5.52. The molecule has 0 aliphatic carbocycles. The molecule has 1 amide bonds. The van der Waals surface area contributed by atoms with Crippen LogP contribution in [0.5, 0.6) is 11.5 Å². The van der Waals surface area contributed by atoms with E-state index >= 15 is 0 Å². The predicted molar refractivity (Wildman–Crippen MR) is 106 cm³/mol. The lowest BCUT2D eigenvalue weighted by molar-refractivity contribution is 0.0677. The van der Waals surface area contributed by atoms with Gasteiger partial charge in [-0.05, 0) is 73.2 Å². The Labute approximate surface area is 160 Å². The Balaban J connectivity index is 1.63. The number of hydrogen-bond donors (Lipinski definition) is 1. The molecule has 142 valence electrons. The minimum Gasteiger partial charge on any atom is -0.493 e. The lowest BCUT2D eigenvalue weighted by Gasteiger charge is -2.36. The highest BCUT2D eigenvalue weighted by molar-refractivity contribution is 5.95. The number of benzene rings is 2. The first-order valence-corrected chi connectivity index (χ1v) is 9.55. The lowest BCUT2D eigenvalue weighted by atomic mass is 9.92. The SMILES string of the molecule is COc1cc2c(cc1OC)C(C)N(C(=O)c1ccc3c(c1)CCCN3)CC2. The molecule has 0 aromatic heterocycles. The first-order valence-electron chi connectivity index (χ1n) is 9.55. The number of aryl methyl sites for hydroxylation is 1. The number of methoxy groups -OCH3 is 2. The smallest absolute Gasteiger partial charge is 0.254 e. The second-order valence-electron chi connectivity index (χ2n) is 7.23. The first-order chi connectivity index (χ1) is 13.1. The maximum Gasteiger partial charge on any atom is 0.254 e. The highest BCUT2D eigenvalue weighted by Gasteiger charge is 2.30. The van der Waals surface area contributed by atoms with E-state index in [1.807, 2.05) is 29.2 Å². The van der Waals surface area contributed by atoms with Crippen molar-refractivity contribution in [1.29, 1.82) is 0 Å². The topological polar surface area (TPSA) is 50.8 Å². The van der Waals surface area contributed by atoms with E-state index in [-0.39, 0.29) is 11.9 Å². The molecule has 2 aromatic rings. The zero-order chi connectivity index (χ0) is 19.0. The van der Waals surface area contributed by atoms with Crippen molar-refractivity contribution in [2.24, 2.45) is 0 Å². The molecule has 1 unspecified atom stereocenters.